The Kier molecular flexibility index (Phi) is 4.55. The SMILES string of the molecule is CCc1ccc(C(CC)NC2CC(=O)N(C)C2=O)cc1. The Labute approximate surface area is 120 Å². The van der Waals surface area contributed by atoms with Gasteiger partial charge in [0.15, 0.2) is 0 Å². The van der Waals surface area contributed by atoms with Crippen molar-refractivity contribution in [3.05, 3.63) is 35.4 Å². The van der Waals surface area contributed by atoms with Crippen molar-refractivity contribution in [1.82, 2.24) is 10.2 Å². The van der Waals surface area contributed by atoms with Crippen molar-refractivity contribution >= 4 is 11.8 Å². The van der Waals surface area contributed by atoms with Gasteiger partial charge in [0.05, 0.1) is 12.5 Å². The van der Waals surface area contributed by atoms with Crippen molar-refractivity contribution < 1.29 is 9.59 Å². The molecule has 1 aliphatic heterocycles. The average molecular weight is 274 g/mol. The molecule has 2 unspecified atom stereocenters. The van der Waals surface area contributed by atoms with Crippen LogP contribution in [0.1, 0.15) is 43.9 Å². The van der Waals surface area contributed by atoms with E-state index in [1.54, 1.807) is 7.05 Å². The molecule has 1 saturated heterocycles. The number of hydrogen-bond donors (Lipinski definition) is 1. The van der Waals surface area contributed by atoms with Crippen LogP contribution in [0.15, 0.2) is 24.3 Å². The highest BCUT2D eigenvalue weighted by Crippen LogP contribution is 2.21. The van der Waals surface area contributed by atoms with E-state index >= 15 is 0 Å². The van der Waals surface area contributed by atoms with Gasteiger partial charge in [0.25, 0.3) is 0 Å². The summed E-state index contributed by atoms with van der Waals surface area (Å²) in [5, 5.41) is 3.32. The Morgan fingerprint density at radius 2 is 1.90 bits per heavy atom. The molecule has 0 aliphatic carbocycles. The van der Waals surface area contributed by atoms with Crippen LogP contribution in [0.3, 0.4) is 0 Å². The standard InChI is InChI=1S/C16H22N2O2/c1-4-11-6-8-12(9-7-11)13(5-2)17-14-10-15(19)18(3)16(14)20/h6-9,13-14,17H,4-5,10H2,1-3H3. The molecular weight excluding hydrogens is 252 g/mol. The Morgan fingerprint density at radius 1 is 1.25 bits per heavy atom. The highest BCUT2D eigenvalue weighted by atomic mass is 16.2. The smallest absolute Gasteiger partial charge is 0.246 e. The quantitative estimate of drug-likeness (QED) is 0.836. The number of aryl methyl sites for hydroxylation is 1. The third-order valence-corrected chi connectivity index (χ3v) is 3.98. The van der Waals surface area contributed by atoms with Gasteiger partial charge in [-0.3, -0.25) is 19.8 Å². The number of rotatable bonds is 5. The second-order valence-electron chi connectivity index (χ2n) is 5.27. The maximum absolute atomic E-state index is 11.9. The number of benzene rings is 1. The van der Waals surface area contributed by atoms with Gasteiger partial charge in [-0.2, -0.15) is 0 Å². The molecule has 1 heterocycles. The Balaban J connectivity index is 2.09. The van der Waals surface area contributed by atoms with E-state index in [4.69, 9.17) is 0 Å². The van der Waals surface area contributed by atoms with Crippen molar-refractivity contribution in [3.63, 3.8) is 0 Å². The van der Waals surface area contributed by atoms with Crippen LogP contribution < -0.4 is 5.32 Å². The predicted octanol–water partition coefficient (Wildman–Crippen LogP) is 2.05. The number of carbonyl (C=O) groups excluding carboxylic acids is 2. The summed E-state index contributed by atoms with van der Waals surface area (Å²) in [6.45, 7) is 4.21. The summed E-state index contributed by atoms with van der Waals surface area (Å²) < 4.78 is 0. The average Bonchev–Trinajstić information content (AvgIpc) is 2.72. The number of nitrogens with one attached hydrogen (secondary N) is 1. The minimum atomic E-state index is -0.386. The largest absolute Gasteiger partial charge is 0.299 e. The summed E-state index contributed by atoms with van der Waals surface area (Å²) in [4.78, 5) is 24.7. The van der Waals surface area contributed by atoms with Crippen LogP contribution >= 0.6 is 0 Å². The number of likely N-dealkylation sites (tertiary alicyclic amines) is 1. The fourth-order valence-electron chi connectivity index (χ4n) is 2.56. The summed E-state index contributed by atoms with van der Waals surface area (Å²) in [5.74, 6) is -0.234. The molecule has 2 atom stereocenters. The normalized spacial score (nSPS) is 20.6. The molecule has 1 aromatic carbocycles. The van der Waals surface area contributed by atoms with Crippen LogP contribution in [0.2, 0.25) is 0 Å². The van der Waals surface area contributed by atoms with E-state index in [0.717, 1.165) is 12.8 Å². The third kappa shape index (κ3) is 2.90. The number of hydrogen-bond acceptors (Lipinski definition) is 3. The van der Waals surface area contributed by atoms with Crippen molar-refractivity contribution in [3.8, 4) is 0 Å². The molecule has 0 saturated carbocycles. The molecular formula is C16H22N2O2. The summed E-state index contributed by atoms with van der Waals surface area (Å²) in [6, 6.07) is 8.16. The first-order chi connectivity index (χ1) is 9.56. The summed E-state index contributed by atoms with van der Waals surface area (Å²) in [5.41, 5.74) is 2.47. The molecule has 2 amide bonds. The highest BCUT2D eigenvalue weighted by molar-refractivity contribution is 6.05. The zero-order valence-corrected chi connectivity index (χ0v) is 12.3. The molecule has 2 rings (SSSR count). The Morgan fingerprint density at radius 3 is 2.35 bits per heavy atom. The van der Waals surface area contributed by atoms with Gasteiger partial charge >= 0.3 is 0 Å². The van der Waals surface area contributed by atoms with Crippen LogP contribution in [0, 0.1) is 0 Å². The van der Waals surface area contributed by atoms with Gasteiger partial charge in [-0.15, -0.1) is 0 Å². The van der Waals surface area contributed by atoms with Crippen molar-refractivity contribution in [2.75, 3.05) is 7.05 Å². The minimum Gasteiger partial charge on any atom is -0.299 e. The molecule has 1 N–H and O–H groups in total. The molecule has 20 heavy (non-hydrogen) atoms. The highest BCUT2D eigenvalue weighted by Gasteiger charge is 2.36. The summed E-state index contributed by atoms with van der Waals surface area (Å²) in [7, 11) is 1.54. The van der Waals surface area contributed by atoms with Gasteiger partial charge < -0.3 is 0 Å². The van der Waals surface area contributed by atoms with E-state index in [0.29, 0.717) is 0 Å². The van der Waals surface area contributed by atoms with Crippen molar-refractivity contribution in [1.29, 1.82) is 0 Å². The number of likely N-dealkylation sites (N-methyl/N-ethyl adjacent to an activating group) is 1. The second-order valence-corrected chi connectivity index (χ2v) is 5.27. The van der Waals surface area contributed by atoms with Crippen LogP contribution in [0.5, 0.6) is 0 Å². The first kappa shape index (κ1) is 14.7. The number of carbonyl (C=O) groups is 2. The fourth-order valence-corrected chi connectivity index (χ4v) is 2.56. The molecule has 0 bridgehead atoms. The molecule has 1 aliphatic rings. The zero-order chi connectivity index (χ0) is 14.7. The van der Waals surface area contributed by atoms with Crippen molar-refractivity contribution in [2.24, 2.45) is 0 Å². The minimum absolute atomic E-state index is 0.106. The summed E-state index contributed by atoms with van der Waals surface area (Å²) >= 11 is 0. The van der Waals surface area contributed by atoms with Crippen LogP contribution in [-0.4, -0.2) is 29.8 Å². The van der Waals surface area contributed by atoms with E-state index in [1.165, 1.54) is 16.0 Å². The number of nitrogens with zero attached hydrogens (tertiary/aromatic N) is 1. The van der Waals surface area contributed by atoms with E-state index < -0.39 is 0 Å². The first-order valence-corrected chi connectivity index (χ1v) is 7.22. The molecule has 0 radical (unpaired) electrons. The van der Waals surface area contributed by atoms with E-state index in [9.17, 15) is 9.59 Å². The second kappa shape index (κ2) is 6.18. The van der Waals surface area contributed by atoms with E-state index in [1.807, 2.05) is 0 Å². The fraction of sp³-hybridized carbons (Fsp3) is 0.500. The lowest BCUT2D eigenvalue weighted by Crippen LogP contribution is -2.39. The lowest BCUT2D eigenvalue weighted by molar-refractivity contribution is -0.137. The van der Waals surface area contributed by atoms with Crippen molar-refractivity contribution in [2.45, 2.75) is 45.2 Å². The van der Waals surface area contributed by atoms with Gasteiger partial charge in [0, 0.05) is 13.1 Å². The van der Waals surface area contributed by atoms with Crippen LogP contribution in [0.25, 0.3) is 0 Å². The third-order valence-electron chi connectivity index (χ3n) is 3.98. The molecule has 1 fully saturated rings. The molecule has 4 nitrogen and oxygen atoms in total. The lowest BCUT2D eigenvalue weighted by Gasteiger charge is -2.21. The molecule has 4 heteroatoms. The van der Waals surface area contributed by atoms with Gasteiger partial charge in [0.2, 0.25) is 11.8 Å². The number of imide groups is 1. The number of amides is 2. The molecule has 0 aromatic heterocycles. The van der Waals surface area contributed by atoms with Crippen LogP contribution in [-0.2, 0) is 16.0 Å². The first-order valence-electron chi connectivity index (χ1n) is 7.22. The Hall–Kier alpha value is -1.68. The van der Waals surface area contributed by atoms with Gasteiger partial charge in [0.1, 0.15) is 0 Å². The van der Waals surface area contributed by atoms with Gasteiger partial charge in [-0.05, 0) is 24.0 Å². The van der Waals surface area contributed by atoms with E-state index in [-0.39, 0.29) is 30.3 Å². The molecule has 108 valence electrons. The predicted molar refractivity (Wildman–Crippen MR) is 78.2 cm³/mol. The van der Waals surface area contributed by atoms with Gasteiger partial charge in [-0.1, -0.05) is 38.1 Å². The maximum Gasteiger partial charge on any atom is 0.246 e. The topological polar surface area (TPSA) is 49.4 Å². The van der Waals surface area contributed by atoms with Gasteiger partial charge in [-0.25, -0.2) is 0 Å². The van der Waals surface area contributed by atoms with Crippen LogP contribution in [0.4, 0.5) is 0 Å². The monoisotopic (exact) mass is 274 g/mol. The summed E-state index contributed by atoms with van der Waals surface area (Å²) in [6.07, 6.45) is 2.16. The zero-order valence-electron chi connectivity index (χ0n) is 12.3. The molecule has 1 aromatic rings. The molecule has 0 spiro atoms. The van der Waals surface area contributed by atoms with E-state index in [2.05, 4.69) is 43.4 Å². The lowest BCUT2D eigenvalue weighted by atomic mass is 10.0. The maximum atomic E-state index is 11.9. The Bertz CT molecular complexity index is 496.